The maximum absolute atomic E-state index is 5.33. The minimum Gasteiger partial charge on any atom is -0.497 e. The Balaban J connectivity index is 1.63. The molecule has 0 spiro atoms. The van der Waals surface area contributed by atoms with Crippen molar-refractivity contribution >= 4 is 5.96 Å². The van der Waals surface area contributed by atoms with E-state index in [0.717, 1.165) is 37.2 Å². The van der Waals surface area contributed by atoms with Crippen LogP contribution in [-0.2, 0) is 6.42 Å². The van der Waals surface area contributed by atoms with Crippen molar-refractivity contribution in [3.8, 4) is 5.75 Å². The molecule has 2 heterocycles. The topological polar surface area (TPSA) is 87.8 Å². The molecule has 0 aliphatic carbocycles. The monoisotopic (exact) mass is 428 g/mol. The number of guanidine groups is 1. The zero-order valence-electron chi connectivity index (χ0n) is 19.2. The smallest absolute Gasteiger partial charge is 0.228 e. The fourth-order valence-electron chi connectivity index (χ4n) is 3.72. The molecular weight excluding hydrogens is 392 g/mol. The normalized spacial score (nSPS) is 16.0. The number of likely N-dealkylation sites (tertiary alicyclic amines) is 1. The summed E-state index contributed by atoms with van der Waals surface area (Å²) in [6.07, 6.45) is 3.16. The molecule has 2 N–H and O–H groups in total. The zero-order valence-corrected chi connectivity index (χ0v) is 19.2. The highest BCUT2D eigenvalue weighted by Crippen LogP contribution is 2.27. The fraction of sp³-hybridized carbons (Fsp3) is 0.609. The third-order valence-electron chi connectivity index (χ3n) is 5.48. The van der Waals surface area contributed by atoms with Gasteiger partial charge in [-0.15, -0.1) is 0 Å². The Labute approximate surface area is 185 Å². The third kappa shape index (κ3) is 6.69. The van der Waals surface area contributed by atoms with Gasteiger partial charge in [0.1, 0.15) is 5.75 Å². The van der Waals surface area contributed by atoms with Crippen LogP contribution in [0.3, 0.4) is 0 Å². The first kappa shape index (κ1) is 23.1. The molecule has 1 fully saturated rings. The first-order valence-electron chi connectivity index (χ1n) is 11.3. The summed E-state index contributed by atoms with van der Waals surface area (Å²) in [7, 11) is 1.70. The van der Waals surface area contributed by atoms with Gasteiger partial charge in [0.05, 0.1) is 19.7 Å². The molecule has 0 amide bonds. The second-order valence-corrected chi connectivity index (χ2v) is 8.13. The lowest BCUT2D eigenvalue weighted by Crippen LogP contribution is -2.39. The van der Waals surface area contributed by atoms with E-state index in [2.05, 4.69) is 58.6 Å². The maximum Gasteiger partial charge on any atom is 0.228 e. The molecule has 0 saturated carbocycles. The number of rotatable bonds is 10. The van der Waals surface area contributed by atoms with Gasteiger partial charge in [0, 0.05) is 25.4 Å². The van der Waals surface area contributed by atoms with Crippen LogP contribution in [0.1, 0.15) is 62.9 Å². The quantitative estimate of drug-likeness (QED) is 0.444. The van der Waals surface area contributed by atoms with E-state index in [1.165, 1.54) is 18.4 Å². The number of hydrogen-bond donors (Lipinski definition) is 2. The Bertz CT molecular complexity index is 812. The lowest BCUT2D eigenvalue weighted by Gasteiger charge is -2.27. The van der Waals surface area contributed by atoms with Crippen LogP contribution in [0, 0.1) is 0 Å². The highest BCUT2D eigenvalue weighted by molar-refractivity contribution is 5.79. The van der Waals surface area contributed by atoms with Crippen LogP contribution in [0.2, 0.25) is 0 Å². The Morgan fingerprint density at radius 1 is 1.19 bits per heavy atom. The number of hydrogen-bond acceptors (Lipinski definition) is 6. The Morgan fingerprint density at radius 3 is 2.55 bits per heavy atom. The predicted octanol–water partition coefficient (Wildman–Crippen LogP) is 3.14. The molecule has 1 saturated heterocycles. The Hall–Kier alpha value is -2.61. The summed E-state index contributed by atoms with van der Waals surface area (Å²) in [6, 6.07) is 8.62. The number of benzene rings is 1. The second-order valence-electron chi connectivity index (χ2n) is 8.13. The van der Waals surface area contributed by atoms with E-state index in [1.54, 1.807) is 7.11 Å². The van der Waals surface area contributed by atoms with Crippen LogP contribution >= 0.6 is 0 Å². The standard InChI is InChI=1S/C23H36N6O2/c1-5-24-23(25-13-12-21-27-22(17(2)3)28-31-21)26-16-20(29-14-6-7-15-29)18-8-10-19(30-4)11-9-18/h8-11,17,20H,5-7,12-16H2,1-4H3,(H2,24,25,26). The van der Waals surface area contributed by atoms with Crippen molar-refractivity contribution in [3.63, 3.8) is 0 Å². The molecule has 1 atom stereocenters. The fourth-order valence-corrected chi connectivity index (χ4v) is 3.72. The molecule has 0 radical (unpaired) electrons. The predicted molar refractivity (Wildman–Crippen MR) is 123 cm³/mol. The highest BCUT2D eigenvalue weighted by Gasteiger charge is 2.23. The number of aromatic nitrogens is 2. The van der Waals surface area contributed by atoms with Gasteiger partial charge >= 0.3 is 0 Å². The van der Waals surface area contributed by atoms with E-state index < -0.39 is 0 Å². The zero-order chi connectivity index (χ0) is 22.1. The number of aliphatic imine (C=N–C) groups is 1. The van der Waals surface area contributed by atoms with Crippen molar-refractivity contribution in [2.45, 2.75) is 52.0 Å². The first-order valence-corrected chi connectivity index (χ1v) is 11.3. The summed E-state index contributed by atoms with van der Waals surface area (Å²) in [5.74, 6) is 3.36. The van der Waals surface area contributed by atoms with Gasteiger partial charge in [-0.3, -0.25) is 9.89 Å². The van der Waals surface area contributed by atoms with Crippen molar-refractivity contribution in [2.24, 2.45) is 4.99 Å². The van der Waals surface area contributed by atoms with Crippen LogP contribution in [0.15, 0.2) is 33.8 Å². The van der Waals surface area contributed by atoms with Crippen LogP contribution in [0.5, 0.6) is 5.75 Å². The van der Waals surface area contributed by atoms with E-state index in [9.17, 15) is 0 Å². The molecule has 8 heteroatoms. The van der Waals surface area contributed by atoms with Crippen molar-refractivity contribution < 1.29 is 9.26 Å². The van der Waals surface area contributed by atoms with Crippen molar-refractivity contribution in [2.75, 3.05) is 39.8 Å². The summed E-state index contributed by atoms with van der Waals surface area (Å²) in [5.41, 5.74) is 1.27. The number of nitrogens with zero attached hydrogens (tertiary/aromatic N) is 4. The summed E-state index contributed by atoms with van der Waals surface area (Å²) in [5, 5.41) is 10.8. The minimum absolute atomic E-state index is 0.258. The van der Waals surface area contributed by atoms with Crippen LogP contribution in [0.25, 0.3) is 0 Å². The summed E-state index contributed by atoms with van der Waals surface area (Å²) in [4.78, 5) is 11.9. The molecule has 31 heavy (non-hydrogen) atoms. The molecule has 1 aromatic carbocycles. The van der Waals surface area contributed by atoms with Gasteiger partial charge in [-0.05, 0) is 50.6 Å². The minimum atomic E-state index is 0.258. The lowest BCUT2D eigenvalue weighted by atomic mass is 10.1. The molecule has 1 aliphatic heterocycles. The molecule has 2 aromatic rings. The van der Waals surface area contributed by atoms with E-state index >= 15 is 0 Å². The third-order valence-corrected chi connectivity index (χ3v) is 5.48. The SMILES string of the molecule is CCNC(=NCC(c1ccc(OC)cc1)N1CCCC1)NCCc1nc(C(C)C)no1. The Morgan fingerprint density at radius 2 is 1.94 bits per heavy atom. The molecule has 3 rings (SSSR count). The van der Waals surface area contributed by atoms with E-state index in [0.29, 0.717) is 25.4 Å². The van der Waals surface area contributed by atoms with Crippen molar-refractivity contribution in [1.82, 2.24) is 25.7 Å². The highest BCUT2D eigenvalue weighted by atomic mass is 16.5. The second kappa shape index (κ2) is 11.7. The van der Waals surface area contributed by atoms with Crippen LogP contribution in [0.4, 0.5) is 0 Å². The van der Waals surface area contributed by atoms with Gasteiger partial charge < -0.3 is 19.9 Å². The van der Waals surface area contributed by atoms with Gasteiger partial charge in [-0.1, -0.05) is 31.1 Å². The number of methoxy groups -OCH3 is 1. The van der Waals surface area contributed by atoms with E-state index in [1.807, 2.05) is 12.1 Å². The number of nitrogens with one attached hydrogen (secondary N) is 2. The molecule has 1 unspecified atom stereocenters. The molecule has 1 aromatic heterocycles. The van der Waals surface area contributed by atoms with Gasteiger partial charge in [0.2, 0.25) is 5.89 Å². The largest absolute Gasteiger partial charge is 0.497 e. The van der Waals surface area contributed by atoms with Gasteiger partial charge in [-0.2, -0.15) is 4.98 Å². The van der Waals surface area contributed by atoms with Crippen LogP contribution in [-0.4, -0.2) is 60.8 Å². The number of ether oxygens (including phenoxy) is 1. The first-order chi connectivity index (χ1) is 15.1. The average molecular weight is 429 g/mol. The van der Waals surface area contributed by atoms with Gasteiger partial charge in [0.15, 0.2) is 11.8 Å². The summed E-state index contributed by atoms with van der Waals surface area (Å²) >= 11 is 0. The van der Waals surface area contributed by atoms with Crippen molar-refractivity contribution in [1.29, 1.82) is 0 Å². The van der Waals surface area contributed by atoms with E-state index in [-0.39, 0.29) is 12.0 Å². The van der Waals surface area contributed by atoms with Gasteiger partial charge in [-0.25, -0.2) is 0 Å². The maximum atomic E-state index is 5.33. The Kier molecular flexibility index (Phi) is 8.70. The molecule has 170 valence electrons. The van der Waals surface area contributed by atoms with Crippen LogP contribution < -0.4 is 15.4 Å². The molecular formula is C23H36N6O2. The molecule has 8 nitrogen and oxygen atoms in total. The summed E-state index contributed by atoms with van der Waals surface area (Å²) < 4.78 is 10.7. The van der Waals surface area contributed by atoms with E-state index in [4.69, 9.17) is 14.3 Å². The summed E-state index contributed by atoms with van der Waals surface area (Å²) in [6.45, 7) is 10.6. The van der Waals surface area contributed by atoms with Crippen molar-refractivity contribution in [3.05, 3.63) is 41.5 Å². The van der Waals surface area contributed by atoms with Gasteiger partial charge in [0.25, 0.3) is 0 Å². The lowest BCUT2D eigenvalue weighted by molar-refractivity contribution is 0.251. The average Bonchev–Trinajstić information content (AvgIpc) is 3.47. The molecule has 1 aliphatic rings. The molecule has 0 bridgehead atoms.